The van der Waals surface area contributed by atoms with Gasteiger partial charge in [0.2, 0.25) is 0 Å². The van der Waals surface area contributed by atoms with E-state index in [2.05, 4.69) is 28.9 Å². The van der Waals surface area contributed by atoms with E-state index in [4.69, 9.17) is 16.6 Å². The zero-order chi connectivity index (χ0) is 14.8. The minimum Gasteiger partial charge on any atom is -0.304 e. The lowest BCUT2D eigenvalue weighted by molar-refractivity contribution is 0.113. The first kappa shape index (κ1) is 15.2. The lowest BCUT2D eigenvalue weighted by Crippen LogP contribution is -2.51. The van der Waals surface area contributed by atoms with E-state index in [0.717, 1.165) is 37.6 Å². The van der Waals surface area contributed by atoms with Crippen LogP contribution in [0.2, 0.25) is 5.15 Å². The number of aromatic nitrogens is 2. The van der Waals surface area contributed by atoms with Gasteiger partial charge in [0, 0.05) is 43.7 Å². The van der Waals surface area contributed by atoms with Crippen LogP contribution >= 0.6 is 11.6 Å². The maximum Gasteiger partial charge on any atom is 0.133 e. The summed E-state index contributed by atoms with van der Waals surface area (Å²) in [6.45, 7) is 3.32. The fourth-order valence-electron chi connectivity index (χ4n) is 3.54. The van der Waals surface area contributed by atoms with Gasteiger partial charge in [-0.05, 0) is 33.0 Å². The van der Waals surface area contributed by atoms with E-state index in [1.807, 2.05) is 6.07 Å². The van der Waals surface area contributed by atoms with Crippen LogP contribution in [-0.2, 0) is 6.42 Å². The van der Waals surface area contributed by atoms with Gasteiger partial charge < -0.3 is 9.80 Å². The highest BCUT2D eigenvalue weighted by atomic mass is 35.5. The van der Waals surface area contributed by atoms with Gasteiger partial charge in [-0.2, -0.15) is 0 Å². The van der Waals surface area contributed by atoms with Crippen LogP contribution in [0.5, 0.6) is 0 Å². The average Bonchev–Trinajstić information content (AvgIpc) is 2.96. The Morgan fingerprint density at radius 1 is 1.19 bits per heavy atom. The smallest absolute Gasteiger partial charge is 0.133 e. The number of halogens is 1. The molecule has 21 heavy (non-hydrogen) atoms. The van der Waals surface area contributed by atoms with Gasteiger partial charge in [0.25, 0.3) is 0 Å². The van der Waals surface area contributed by atoms with Gasteiger partial charge in [-0.1, -0.05) is 24.4 Å². The summed E-state index contributed by atoms with van der Waals surface area (Å²) >= 11 is 6.24. The monoisotopic (exact) mass is 308 g/mol. The number of piperazine rings is 1. The van der Waals surface area contributed by atoms with E-state index in [1.54, 1.807) is 0 Å². The number of nitrogens with zero attached hydrogens (tertiary/aromatic N) is 4. The molecule has 2 fully saturated rings. The van der Waals surface area contributed by atoms with Crippen molar-refractivity contribution < 1.29 is 0 Å². The van der Waals surface area contributed by atoms with Crippen LogP contribution in [0.4, 0.5) is 0 Å². The molecule has 1 saturated carbocycles. The Balaban J connectivity index is 1.75. The highest BCUT2D eigenvalue weighted by molar-refractivity contribution is 6.29. The third-order valence-corrected chi connectivity index (χ3v) is 5.13. The fraction of sp³-hybridized carbons (Fsp3) is 0.750. The average molecular weight is 309 g/mol. The fourth-order valence-corrected chi connectivity index (χ4v) is 3.75. The maximum atomic E-state index is 6.24. The number of hydrogen-bond donors (Lipinski definition) is 0. The molecule has 1 atom stereocenters. The maximum absolute atomic E-state index is 6.24. The Hall–Kier alpha value is -0.710. The third-order valence-electron chi connectivity index (χ3n) is 4.93. The van der Waals surface area contributed by atoms with Crippen LogP contribution in [0.25, 0.3) is 0 Å². The van der Waals surface area contributed by atoms with Gasteiger partial charge in [0.15, 0.2) is 0 Å². The molecule has 1 aromatic heterocycles. The predicted octanol–water partition coefficient (Wildman–Crippen LogP) is 2.58. The van der Waals surface area contributed by atoms with Gasteiger partial charge in [0.05, 0.1) is 0 Å². The van der Waals surface area contributed by atoms with Crippen LogP contribution < -0.4 is 0 Å². The summed E-state index contributed by atoms with van der Waals surface area (Å²) in [6.07, 6.45) is 6.02. The van der Waals surface area contributed by atoms with Gasteiger partial charge >= 0.3 is 0 Å². The van der Waals surface area contributed by atoms with Crippen LogP contribution in [0, 0.1) is 0 Å². The van der Waals surface area contributed by atoms with Crippen molar-refractivity contribution in [1.29, 1.82) is 0 Å². The van der Waals surface area contributed by atoms with Crippen molar-refractivity contribution in [2.75, 3.05) is 33.7 Å². The molecule has 0 bridgehead atoms. The SMILES string of the molecule is CN1CCN(C)C(Cc2nc(Cl)cc(C3CCCC3)n2)C1. The lowest BCUT2D eigenvalue weighted by Gasteiger charge is -2.37. The second-order valence-electron chi connectivity index (χ2n) is 6.61. The van der Waals surface area contributed by atoms with Crippen molar-refractivity contribution in [3.8, 4) is 0 Å². The molecule has 1 saturated heterocycles. The van der Waals surface area contributed by atoms with Crippen LogP contribution in [0.1, 0.15) is 43.1 Å². The Kier molecular flexibility index (Phi) is 4.77. The molecule has 1 aliphatic heterocycles. The highest BCUT2D eigenvalue weighted by Crippen LogP contribution is 2.33. The summed E-state index contributed by atoms with van der Waals surface area (Å²) < 4.78 is 0. The highest BCUT2D eigenvalue weighted by Gasteiger charge is 2.25. The van der Waals surface area contributed by atoms with E-state index in [-0.39, 0.29) is 0 Å². The quantitative estimate of drug-likeness (QED) is 0.803. The van der Waals surface area contributed by atoms with E-state index in [9.17, 15) is 0 Å². The van der Waals surface area contributed by atoms with Gasteiger partial charge in [-0.25, -0.2) is 9.97 Å². The predicted molar refractivity (Wildman–Crippen MR) is 85.9 cm³/mol. The second kappa shape index (κ2) is 6.59. The van der Waals surface area contributed by atoms with Gasteiger partial charge in [-0.15, -0.1) is 0 Å². The van der Waals surface area contributed by atoms with Crippen molar-refractivity contribution in [1.82, 2.24) is 19.8 Å². The minimum atomic E-state index is 0.485. The molecule has 1 aliphatic carbocycles. The summed E-state index contributed by atoms with van der Waals surface area (Å²) in [5.41, 5.74) is 1.16. The topological polar surface area (TPSA) is 32.3 Å². The molecule has 2 heterocycles. The van der Waals surface area contributed by atoms with Gasteiger partial charge in [0.1, 0.15) is 11.0 Å². The number of rotatable bonds is 3. The molecule has 0 aromatic carbocycles. The molecule has 0 spiro atoms. The first-order valence-electron chi connectivity index (χ1n) is 8.04. The molecule has 1 aromatic rings. The lowest BCUT2D eigenvalue weighted by atomic mass is 10.0. The van der Waals surface area contributed by atoms with Crippen molar-refractivity contribution in [2.45, 2.75) is 44.1 Å². The van der Waals surface area contributed by atoms with E-state index < -0.39 is 0 Å². The van der Waals surface area contributed by atoms with Crippen LogP contribution in [0.15, 0.2) is 6.07 Å². The summed E-state index contributed by atoms with van der Waals surface area (Å²) in [7, 11) is 4.38. The molecule has 0 radical (unpaired) electrons. The second-order valence-corrected chi connectivity index (χ2v) is 7.00. The minimum absolute atomic E-state index is 0.485. The number of likely N-dealkylation sites (N-methyl/N-ethyl adjacent to an activating group) is 2. The first-order valence-corrected chi connectivity index (χ1v) is 8.42. The van der Waals surface area contributed by atoms with Crippen molar-refractivity contribution in [3.05, 3.63) is 22.7 Å². The van der Waals surface area contributed by atoms with Crippen molar-refractivity contribution in [2.24, 2.45) is 0 Å². The molecule has 0 amide bonds. The van der Waals surface area contributed by atoms with Crippen LogP contribution in [-0.4, -0.2) is 59.5 Å². The summed E-state index contributed by atoms with van der Waals surface area (Å²) in [4.78, 5) is 14.1. The molecule has 1 unspecified atom stereocenters. The Morgan fingerprint density at radius 3 is 2.71 bits per heavy atom. The molecule has 3 rings (SSSR count). The zero-order valence-electron chi connectivity index (χ0n) is 13.1. The first-order chi connectivity index (χ1) is 10.1. The zero-order valence-corrected chi connectivity index (χ0v) is 13.8. The van der Waals surface area contributed by atoms with Gasteiger partial charge in [-0.3, -0.25) is 0 Å². The van der Waals surface area contributed by atoms with E-state index >= 15 is 0 Å². The molecule has 4 nitrogen and oxygen atoms in total. The normalized spacial score (nSPS) is 25.6. The third kappa shape index (κ3) is 3.74. The Morgan fingerprint density at radius 2 is 1.95 bits per heavy atom. The molecule has 5 heteroatoms. The van der Waals surface area contributed by atoms with Crippen molar-refractivity contribution >= 4 is 11.6 Å². The summed E-state index contributed by atoms with van der Waals surface area (Å²) in [5.74, 6) is 1.51. The molecule has 116 valence electrons. The van der Waals surface area contributed by atoms with Crippen molar-refractivity contribution in [3.63, 3.8) is 0 Å². The molecule has 0 N–H and O–H groups in total. The summed E-state index contributed by atoms with van der Waals surface area (Å²) in [6, 6.07) is 2.45. The Bertz CT molecular complexity index is 487. The molecular formula is C16H25ClN4. The number of hydrogen-bond acceptors (Lipinski definition) is 4. The largest absolute Gasteiger partial charge is 0.304 e. The molecule has 2 aliphatic rings. The standard InChI is InChI=1S/C16H25ClN4/c1-20-7-8-21(2)13(11-20)9-16-18-14(10-15(17)19-16)12-5-3-4-6-12/h10,12-13H,3-9,11H2,1-2H3. The molecular weight excluding hydrogens is 284 g/mol. The van der Waals surface area contributed by atoms with E-state index in [1.165, 1.54) is 25.7 Å². The Labute approximate surface area is 132 Å². The van der Waals surface area contributed by atoms with Crippen LogP contribution in [0.3, 0.4) is 0 Å². The van der Waals surface area contributed by atoms with E-state index in [0.29, 0.717) is 17.1 Å². The summed E-state index contributed by atoms with van der Waals surface area (Å²) in [5, 5.41) is 0.605.